The smallest absolute Gasteiger partial charge is 0.151 e. The van der Waals surface area contributed by atoms with Crippen LogP contribution in [0.1, 0.15) is 10.4 Å². The van der Waals surface area contributed by atoms with Gasteiger partial charge in [-0.05, 0) is 18.2 Å². The number of carbonyl (C=O) groups is 1. The summed E-state index contributed by atoms with van der Waals surface area (Å²) in [5, 5.41) is 0. The van der Waals surface area contributed by atoms with Gasteiger partial charge in [0.1, 0.15) is 0 Å². The van der Waals surface area contributed by atoms with E-state index in [-0.39, 0.29) is 0 Å². The minimum absolute atomic E-state index is 0.722. The van der Waals surface area contributed by atoms with Crippen LogP contribution >= 0.6 is 11.8 Å². The number of nitrogens with zero attached hydrogens (tertiary/aromatic N) is 1. The molecule has 74 valence electrons. The molecular formula is C12H9NOS. The Kier molecular flexibility index (Phi) is 3.15. The lowest BCUT2D eigenvalue weighted by molar-refractivity contribution is 0.112. The Morgan fingerprint density at radius 2 is 1.80 bits per heavy atom. The summed E-state index contributed by atoms with van der Waals surface area (Å²) >= 11 is 1.57. The summed E-state index contributed by atoms with van der Waals surface area (Å²) in [5.74, 6) is 0. The molecule has 0 saturated heterocycles. The van der Waals surface area contributed by atoms with Crippen molar-refractivity contribution in [2.75, 3.05) is 0 Å². The SMILES string of the molecule is O=Cc1ccccc1Sc1ccncc1. The molecule has 1 aromatic carbocycles. The molecule has 0 saturated carbocycles. The molecule has 0 unspecified atom stereocenters. The fourth-order valence-corrected chi connectivity index (χ4v) is 2.10. The summed E-state index contributed by atoms with van der Waals surface area (Å²) in [6, 6.07) is 11.4. The highest BCUT2D eigenvalue weighted by Crippen LogP contribution is 2.28. The van der Waals surface area contributed by atoms with E-state index in [0.717, 1.165) is 21.6 Å². The maximum Gasteiger partial charge on any atom is 0.151 e. The lowest BCUT2D eigenvalue weighted by atomic mass is 10.2. The molecule has 0 aliphatic carbocycles. The van der Waals surface area contributed by atoms with Gasteiger partial charge in [-0.3, -0.25) is 9.78 Å². The van der Waals surface area contributed by atoms with E-state index in [1.807, 2.05) is 36.4 Å². The van der Waals surface area contributed by atoms with E-state index in [9.17, 15) is 4.79 Å². The Morgan fingerprint density at radius 3 is 2.53 bits per heavy atom. The molecule has 2 aromatic rings. The van der Waals surface area contributed by atoms with Crippen LogP contribution in [0, 0.1) is 0 Å². The average molecular weight is 215 g/mol. The van der Waals surface area contributed by atoms with Crippen LogP contribution in [0.4, 0.5) is 0 Å². The van der Waals surface area contributed by atoms with Gasteiger partial charge in [0, 0.05) is 27.7 Å². The fraction of sp³-hybridized carbons (Fsp3) is 0. The second-order valence-corrected chi connectivity index (χ2v) is 4.06. The number of hydrogen-bond acceptors (Lipinski definition) is 3. The molecule has 15 heavy (non-hydrogen) atoms. The van der Waals surface area contributed by atoms with Gasteiger partial charge in [-0.1, -0.05) is 30.0 Å². The van der Waals surface area contributed by atoms with Crippen LogP contribution in [0.15, 0.2) is 58.6 Å². The maximum absolute atomic E-state index is 10.8. The molecular weight excluding hydrogens is 206 g/mol. The van der Waals surface area contributed by atoms with Crippen molar-refractivity contribution >= 4 is 18.0 Å². The summed E-state index contributed by atoms with van der Waals surface area (Å²) in [5.41, 5.74) is 0.722. The highest BCUT2D eigenvalue weighted by Gasteiger charge is 2.01. The Hall–Kier alpha value is -1.61. The summed E-state index contributed by atoms with van der Waals surface area (Å²) < 4.78 is 0. The fourth-order valence-electron chi connectivity index (χ4n) is 1.20. The van der Waals surface area contributed by atoms with Crippen LogP contribution in [0.5, 0.6) is 0 Å². The van der Waals surface area contributed by atoms with Crippen LogP contribution in [0.2, 0.25) is 0 Å². The predicted molar refractivity (Wildman–Crippen MR) is 60.2 cm³/mol. The Morgan fingerprint density at radius 1 is 1.07 bits per heavy atom. The van der Waals surface area contributed by atoms with E-state index in [1.165, 1.54) is 0 Å². The first kappa shape index (κ1) is 9.93. The largest absolute Gasteiger partial charge is 0.298 e. The van der Waals surface area contributed by atoms with Gasteiger partial charge >= 0.3 is 0 Å². The number of rotatable bonds is 3. The second kappa shape index (κ2) is 4.75. The standard InChI is InChI=1S/C12H9NOS/c14-9-10-3-1-2-4-12(10)15-11-5-7-13-8-6-11/h1-9H. The Bertz CT molecular complexity index is 456. The lowest BCUT2D eigenvalue weighted by Crippen LogP contribution is -1.83. The number of hydrogen-bond donors (Lipinski definition) is 0. The summed E-state index contributed by atoms with van der Waals surface area (Å²) in [4.78, 5) is 16.8. The Balaban J connectivity index is 2.28. The Labute approximate surface area is 92.4 Å². The minimum atomic E-state index is 0.722. The van der Waals surface area contributed by atoms with E-state index in [1.54, 1.807) is 24.2 Å². The third-order valence-electron chi connectivity index (χ3n) is 1.92. The number of carbonyl (C=O) groups excluding carboxylic acids is 1. The first-order valence-electron chi connectivity index (χ1n) is 4.52. The van der Waals surface area contributed by atoms with Gasteiger partial charge in [0.15, 0.2) is 6.29 Å². The molecule has 3 heteroatoms. The van der Waals surface area contributed by atoms with Crippen LogP contribution in [0.25, 0.3) is 0 Å². The van der Waals surface area contributed by atoms with Gasteiger partial charge < -0.3 is 0 Å². The molecule has 0 N–H and O–H groups in total. The number of benzene rings is 1. The normalized spacial score (nSPS) is 9.87. The van der Waals surface area contributed by atoms with Crippen molar-refractivity contribution in [3.8, 4) is 0 Å². The lowest BCUT2D eigenvalue weighted by Gasteiger charge is -2.03. The first-order valence-corrected chi connectivity index (χ1v) is 5.34. The zero-order valence-corrected chi connectivity index (χ0v) is 8.78. The number of pyridine rings is 1. The summed E-state index contributed by atoms with van der Waals surface area (Å²) in [6.07, 6.45) is 4.36. The molecule has 0 radical (unpaired) electrons. The molecule has 0 atom stereocenters. The molecule has 1 heterocycles. The zero-order valence-electron chi connectivity index (χ0n) is 7.96. The van der Waals surface area contributed by atoms with E-state index >= 15 is 0 Å². The van der Waals surface area contributed by atoms with E-state index in [2.05, 4.69) is 4.98 Å². The van der Waals surface area contributed by atoms with E-state index < -0.39 is 0 Å². The van der Waals surface area contributed by atoms with Crippen molar-refractivity contribution in [1.82, 2.24) is 4.98 Å². The molecule has 0 bridgehead atoms. The van der Waals surface area contributed by atoms with Gasteiger partial charge in [0.2, 0.25) is 0 Å². The van der Waals surface area contributed by atoms with Gasteiger partial charge in [0.05, 0.1) is 0 Å². The van der Waals surface area contributed by atoms with Crippen LogP contribution in [0.3, 0.4) is 0 Å². The zero-order chi connectivity index (χ0) is 10.5. The molecule has 0 spiro atoms. The van der Waals surface area contributed by atoms with E-state index in [4.69, 9.17) is 0 Å². The third-order valence-corrected chi connectivity index (χ3v) is 3.02. The predicted octanol–water partition coefficient (Wildman–Crippen LogP) is 3.05. The molecule has 0 aliphatic rings. The summed E-state index contributed by atoms with van der Waals surface area (Å²) in [7, 11) is 0. The molecule has 2 rings (SSSR count). The molecule has 0 fully saturated rings. The first-order chi connectivity index (χ1) is 7.40. The summed E-state index contributed by atoms with van der Waals surface area (Å²) in [6.45, 7) is 0. The highest BCUT2D eigenvalue weighted by molar-refractivity contribution is 7.99. The average Bonchev–Trinajstić information content (AvgIpc) is 2.31. The molecule has 0 amide bonds. The van der Waals surface area contributed by atoms with Crippen LogP contribution in [-0.2, 0) is 0 Å². The van der Waals surface area contributed by atoms with Gasteiger partial charge in [-0.25, -0.2) is 0 Å². The minimum Gasteiger partial charge on any atom is -0.298 e. The van der Waals surface area contributed by atoms with Crippen molar-refractivity contribution < 1.29 is 4.79 Å². The van der Waals surface area contributed by atoms with Crippen molar-refractivity contribution in [3.63, 3.8) is 0 Å². The van der Waals surface area contributed by atoms with Gasteiger partial charge in [0.25, 0.3) is 0 Å². The highest BCUT2D eigenvalue weighted by atomic mass is 32.2. The maximum atomic E-state index is 10.8. The molecule has 1 aromatic heterocycles. The van der Waals surface area contributed by atoms with Crippen LogP contribution in [-0.4, -0.2) is 11.3 Å². The van der Waals surface area contributed by atoms with E-state index in [0.29, 0.717) is 0 Å². The van der Waals surface area contributed by atoms with Gasteiger partial charge in [-0.2, -0.15) is 0 Å². The van der Waals surface area contributed by atoms with Gasteiger partial charge in [-0.15, -0.1) is 0 Å². The third kappa shape index (κ3) is 2.44. The van der Waals surface area contributed by atoms with Crippen molar-refractivity contribution in [3.05, 3.63) is 54.4 Å². The topological polar surface area (TPSA) is 30.0 Å². The monoisotopic (exact) mass is 215 g/mol. The van der Waals surface area contributed by atoms with Crippen molar-refractivity contribution in [2.24, 2.45) is 0 Å². The van der Waals surface area contributed by atoms with Crippen molar-refractivity contribution in [2.45, 2.75) is 9.79 Å². The molecule has 0 aliphatic heterocycles. The van der Waals surface area contributed by atoms with Crippen LogP contribution < -0.4 is 0 Å². The second-order valence-electron chi connectivity index (χ2n) is 2.94. The van der Waals surface area contributed by atoms with Crippen molar-refractivity contribution in [1.29, 1.82) is 0 Å². The molecule has 2 nitrogen and oxygen atoms in total. The quantitative estimate of drug-likeness (QED) is 0.737. The number of aromatic nitrogens is 1. The number of aldehydes is 1.